The Kier molecular flexibility index (Phi) is 21.4. The van der Waals surface area contributed by atoms with E-state index < -0.39 is 11.4 Å². The highest BCUT2D eigenvalue weighted by atomic mass is 16.5. The third-order valence-electron chi connectivity index (χ3n) is 11.3. The quantitative estimate of drug-likeness (QED) is 0.0509. The summed E-state index contributed by atoms with van der Waals surface area (Å²) in [6.07, 6.45) is 7.98. The topological polar surface area (TPSA) is 203 Å². The lowest BCUT2D eigenvalue weighted by atomic mass is 9.79. The van der Waals surface area contributed by atoms with Crippen molar-refractivity contribution in [3.63, 3.8) is 0 Å². The van der Waals surface area contributed by atoms with Crippen molar-refractivity contribution in [2.45, 2.75) is 72.4 Å². The van der Waals surface area contributed by atoms with Crippen LogP contribution >= 0.6 is 0 Å². The van der Waals surface area contributed by atoms with E-state index in [-0.39, 0.29) is 24.8 Å². The van der Waals surface area contributed by atoms with Gasteiger partial charge in [0.05, 0.1) is 70.8 Å². The summed E-state index contributed by atoms with van der Waals surface area (Å²) in [5, 5.41) is 22.1. The summed E-state index contributed by atoms with van der Waals surface area (Å²) >= 11 is 0. The first kappa shape index (κ1) is 49.0. The molecule has 1 fully saturated rings. The number of unbranched alkanes of at least 4 members (excludes halogenated alkanes) is 2. The van der Waals surface area contributed by atoms with E-state index in [4.69, 9.17) is 24.7 Å². The number of carbonyl (C=O) groups excluding carboxylic acids is 1. The van der Waals surface area contributed by atoms with E-state index in [2.05, 4.69) is 70.7 Å². The summed E-state index contributed by atoms with van der Waals surface area (Å²) in [7, 11) is 3.50. The first-order chi connectivity index (χ1) is 29.6. The number of carboxylic acids is 1. The lowest BCUT2D eigenvalue weighted by molar-refractivity contribution is -0.152. The van der Waals surface area contributed by atoms with Crippen LogP contribution < -0.4 is 31.7 Å². The van der Waals surface area contributed by atoms with Gasteiger partial charge in [-0.05, 0) is 37.0 Å². The number of fused-ring (bicyclic) bond motifs is 1. The molecule has 17 nitrogen and oxygen atoms in total. The molecule has 0 unspecified atom stereocenters. The largest absolute Gasteiger partial charge is 0.496 e. The van der Waals surface area contributed by atoms with Crippen molar-refractivity contribution in [2.24, 2.45) is 5.41 Å². The van der Waals surface area contributed by atoms with E-state index in [0.29, 0.717) is 65.6 Å². The molecular formula is C44H72N10O7. The highest BCUT2D eigenvalue weighted by molar-refractivity contribution is 5.88. The fourth-order valence-electron chi connectivity index (χ4n) is 7.31. The van der Waals surface area contributed by atoms with Gasteiger partial charge in [0.25, 0.3) is 0 Å². The zero-order chi connectivity index (χ0) is 43.9. The van der Waals surface area contributed by atoms with Crippen molar-refractivity contribution in [2.75, 3.05) is 117 Å². The first-order valence-corrected chi connectivity index (χ1v) is 21.9. The van der Waals surface area contributed by atoms with Crippen LogP contribution in [0.4, 0.5) is 11.8 Å². The van der Waals surface area contributed by atoms with Gasteiger partial charge >= 0.3 is 5.97 Å². The lowest BCUT2D eigenvalue weighted by Crippen LogP contribution is -2.46. The summed E-state index contributed by atoms with van der Waals surface area (Å²) in [6, 6.07) is 8.52. The number of hydrogen-bond acceptors (Lipinski definition) is 14. The van der Waals surface area contributed by atoms with Crippen LogP contribution in [0.15, 0.2) is 42.4 Å². The molecule has 340 valence electrons. The number of piperazine rings is 1. The number of carbonyl (C=O) groups is 2. The minimum absolute atomic E-state index is 0.0437. The molecule has 7 N–H and O–H groups in total. The number of hydrogen-bond donors (Lipinski definition) is 6. The van der Waals surface area contributed by atoms with Crippen LogP contribution in [0.1, 0.15) is 70.4 Å². The molecule has 3 heterocycles. The van der Waals surface area contributed by atoms with Gasteiger partial charge in [-0.1, -0.05) is 45.7 Å². The third-order valence-corrected chi connectivity index (χ3v) is 11.3. The zero-order valence-electron chi connectivity index (χ0n) is 37.2. The van der Waals surface area contributed by atoms with Gasteiger partial charge in [-0.15, -0.1) is 0 Å². The molecule has 17 heteroatoms. The monoisotopic (exact) mass is 853 g/mol. The van der Waals surface area contributed by atoms with E-state index in [9.17, 15) is 14.7 Å². The number of nitrogen functional groups attached to an aromatic ring is 1. The van der Waals surface area contributed by atoms with Crippen LogP contribution in [-0.2, 0) is 36.9 Å². The molecule has 1 aliphatic rings. The highest BCUT2D eigenvalue weighted by Gasteiger charge is 2.37. The van der Waals surface area contributed by atoms with Gasteiger partial charge in [-0.3, -0.25) is 19.4 Å². The van der Waals surface area contributed by atoms with Gasteiger partial charge in [-0.25, -0.2) is 4.98 Å². The van der Waals surface area contributed by atoms with Crippen molar-refractivity contribution < 1.29 is 33.6 Å². The average Bonchev–Trinajstić information content (AvgIpc) is 3.67. The van der Waals surface area contributed by atoms with Crippen molar-refractivity contribution in [1.82, 2.24) is 40.3 Å². The number of benzene rings is 1. The summed E-state index contributed by atoms with van der Waals surface area (Å²) in [6.45, 7) is 17.1. The third kappa shape index (κ3) is 15.9. The molecule has 0 bridgehead atoms. The van der Waals surface area contributed by atoms with Crippen molar-refractivity contribution in [3.05, 3.63) is 53.5 Å². The first-order valence-electron chi connectivity index (χ1n) is 21.9. The zero-order valence-corrected chi connectivity index (χ0v) is 37.2. The van der Waals surface area contributed by atoms with Gasteiger partial charge in [-0.2, -0.15) is 4.98 Å². The summed E-state index contributed by atoms with van der Waals surface area (Å²) in [5.74, 6) is 0.692. The molecule has 3 aromatic rings. The van der Waals surface area contributed by atoms with E-state index in [1.165, 1.54) is 5.56 Å². The Morgan fingerprint density at radius 1 is 0.902 bits per heavy atom. The normalized spacial score (nSPS) is 14.0. The Balaban J connectivity index is 1.04. The van der Waals surface area contributed by atoms with Gasteiger partial charge in [0.2, 0.25) is 11.9 Å². The van der Waals surface area contributed by atoms with E-state index in [1.807, 2.05) is 12.3 Å². The molecular weight excluding hydrogens is 781 g/mol. The fraction of sp³-hybridized carbons (Fsp3) is 0.636. The molecule has 1 amide bonds. The van der Waals surface area contributed by atoms with Gasteiger partial charge in [0, 0.05) is 89.5 Å². The molecule has 4 rings (SSSR count). The molecule has 0 saturated carbocycles. The second-order valence-electron chi connectivity index (χ2n) is 15.5. The molecule has 1 saturated heterocycles. The maximum atomic E-state index is 12.4. The van der Waals surface area contributed by atoms with Crippen molar-refractivity contribution in [3.8, 4) is 5.75 Å². The predicted octanol–water partition coefficient (Wildman–Crippen LogP) is 3.89. The fourth-order valence-corrected chi connectivity index (χ4v) is 7.31. The predicted molar refractivity (Wildman–Crippen MR) is 240 cm³/mol. The van der Waals surface area contributed by atoms with Gasteiger partial charge in [0.15, 0.2) is 5.82 Å². The second-order valence-corrected chi connectivity index (χ2v) is 15.5. The smallest absolute Gasteiger partial charge is 0.310 e. The Morgan fingerprint density at radius 3 is 2.28 bits per heavy atom. The van der Waals surface area contributed by atoms with Gasteiger partial charge in [0.1, 0.15) is 11.3 Å². The molecule has 0 radical (unpaired) electrons. The number of anilines is 2. The van der Waals surface area contributed by atoms with Gasteiger partial charge < -0.3 is 55.6 Å². The summed E-state index contributed by atoms with van der Waals surface area (Å²) in [4.78, 5) is 38.0. The number of aliphatic carboxylic acids is 1. The van der Waals surface area contributed by atoms with E-state index in [0.717, 1.165) is 98.9 Å². The molecule has 2 aromatic heterocycles. The Labute approximate surface area is 362 Å². The molecule has 0 aliphatic carbocycles. The summed E-state index contributed by atoms with van der Waals surface area (Å²) < 4.78 is 25.2. The van der Waals surface area contributed by atoms with Crippen LogP contribution in [0.2, 0.25) is 0 Å². The number of aromatic nitrogens is 3. The number of nitrogens with one attached hydrogen (secondary N) is 4. The number of amides is 1. The number of methoxy groups -OCH3 is 1. The number of ether oxygens (including phenoxy) is 4. The van der Waals surface area contributed by atoms with E-state index in [1.54, 1.807) is 34.2 Å². The van der Waals surface area contributed by atoms with Crippen molar-refractivity contribution in [1.29, 1.82) is 0 Å². The number of carboxylic acid groups (broad SMARTS) is 1. The van der Waals surface area contributed by atoms with Crippen LogP contribution in [0.5, 0.6) is 5.75 Å². The SMILES string of the molecule is CCCCCNc1nc(N)nc2ccn(Cc3ccc(CN4CCN(CCOCCOCCOCCN/C=C(/CNC(=O)CC(CC)(CC)C(=O)O)NC)CC4)cc3OC)c12. The minimum Gasteiger partial charge on any atom is -0.496 e. The maximum absolute atomic E-state index is 12.4. The molecule has 61 heavy (non-hydrogen) atoms. The second kappa shape index (κ2) is 26.6. The molecule has 1 aromatic carbocycles. The number of rotatable bonds is 31. The average molecular weight is 853 g/mol. The number of nitrogens with two attached hydrogens (primary N) is 1. The standard InChI is InChI=1S/C44H72N10O7/c1-6-9-10-14-48-41-40-37(50-43(45)51-41)13-16-54(40)33-35-12-11-34(28-38(35)58-5)32-53-19-17-52(18-20-53)21-23-60-25-27-61-26-24-59-22-15-47-30-36(46-4)31-49-39(55)29-44(7-2,8-3)42(56)57/h11-13,16,28,30,46-47H,6-10,14-15,17-27,29,31-33H2,1-5H3,(H,49,55)(H,56,57)(H3,45,48,50,51)/b36-30-. The Morgan fingerprint density at radius 2 is 1.61 bits per heavy atom. The maximum Gasteiger partial charge on any atom is 0.310 e. The molecule has 0 atom stereocenters. The number of nitrogens with zero attached hydrogens (tertiary/aromatic N) is 5. The lowest BCUT2D eigenvalue weighted by Gasteiger charge is -2.34. The van der Waals surface area contributed by atoms with Crippen LogP contribution in [0.25, 0.3) is 11.0 Å². The molecule has 0 spiro atoms. The summed E-state index contributed by atoms with van der Waals surface area (Å²) in [5.41, 5.74) is 9.86. The highest BCUT2D eigenvalue weighted by Crippen LogP contribution is 2.31. The Bertz CT molecular complexity index is 1790. The van der Waals surface area contributed by atoms with E-state index >= 15 is 0 Å². The van der Waals surface area contributed by atoms with Crippen LogP contribution in [0.3, 0.4) is 0 Å². The number of likely N-dealkylation sites (N-methyl/N-ethyl adjacent to an activating group) is 1. The Hall–Kier alpha value is -4.68. The minimum atomic E-state index is -1.03. The van der Waals surface area contributed by atoms with Crippen molar-refractivity contribution >= 4 is 34.7 Å². The van der Waals surface area contributed by atoms with Crippen LogP contribution in [0, 0.1) is 5.41 Å². The molecule has 1 aliphatic heterocycles. The van der Waals surface area contributed by atoms with Crippen LogP contribution in [-0.4, -0.2) is 147 Å².